The van der Waals surface area contributed by atoms with E-state index in [0.29, 0.717) is 18.5 Å². The molecule has 0 aliphatic carbocycles. The molecule has 0 spiro atoms. The Morgan fingerprint density at radius 2 is 1.83 bits per heavy atom. The molecule has 1 aromatic rings. The lowest BCUT2D eigenvalue weighted by Crippen LogP contribution is -2.39. The van der Waals surface area contributed by atoms with Gasteiger partial charge in [0.05, 0.1) is 5.69 Å². The summed E-state index contributed by atoms with van der Waals surface area (Å²) in [5.41, 5.74) is 7.21. The Balaban J connectivity index is 3.04. The second-order valence-electron chi connectivity index (χ2n) is 6.32. The minimum absolute atomic E-state index is 0.237. The van der Waals surface area contributed by atoms with Gasteiger partial charge in [-0.2, -0.15) is 0 Å². The van der Waals surface area contributed by atoms with Gasteiger partial charge in [-0.25, -0.2) is 4.98 Å². The molecule has 1 rings (SSSR count). The highest BCUT2D eigenvalue weighted by Gasteiger charge is 2.26. The van der Waals surface area contributed by atoms with Crippen molar-refractivity contribution in [2.45, 2.75) is 60.0 Å². The van der Waals surface area contributed by atoms with Crippen molar-refractivity contribution in [3.8, 4) is 0 Å². The summed E-state index contributed by atoms with van der Waals surface area (Å²) >= 11 is 1.73. The molecule has 1 atom stereocenters. The first-order valence-corrected chi connectivity index (χ1v) is 7.42. The van der Waals surface area contributed by atoms with E-state index in [1.54, 1.807) is 11.3 Å². The molecule has 1 heterocycles. The van der Waals surface area contributed by atoms with Crippen molar-refractivity contribution in [2.75, 3.05) is 11.9 Å². The molecule has 104 valence electrons. The molecule has 3 nitrogen and oxygen atoms in total. The molecule has 1 unspecified atom stereocenters. The van der Waals surface area contributed by atoms with E-state index in [1.165, 1.54) is 4.88 Å². The predicted octanol–water partition coefficient (Wildman–Crippen LogP) is 3.60. The maximum Gasteiger partial charge on any atom is 0.185 e. The molecule has 1 aromatic heterocycles. The van der Waals surface area contributed by atoms with Crippen LogP contribution in [0.4, 0.5) is 5.13 Å². The third-order valence-electron chi connectivity index (χ3n) is 3.58. The van der Waals surface area contributed by atoms with Crippen LogP contribution in [0.3, 0.4) is 0 Å². The molecule has 0 radical (unpaired) electrons. The van der Waals surface area contributed by atoms with E-state index in [1.807, 2.05) is 0 Å². The van der Waals surface area contributed by atoms with Gasteiger partial charge in [-0.05, 0) is 18.3 Å². The molecule has 0 aromatic carbocycles. The Morgan fingerprint density at radius 1 is 1.28 bits per heavy atom. The maximum atomic E-state index is 5.82. The second kappa shape index (κ2) is 5.57. The maximum absolute atomic E-state index is 5.82. The molecule has 0 bridgehead atoms. The van der Waals surface area contributed by atoms with Crippen LogP contribution in [0.1, 0.15) is 58.0 Å². The van der Waals surface area contributed by atoms with E-state index >= 15 is 0 Å². The number of hydrogen-bond acceptors (Lipinski definition) is 4. The van der Waals surface area contributed by atoms with Crippen LogP contribution in [0.2, 0.25) is 0 Å². The highest BCUT2D eigenvalue weighted by atomic mass is 32.1. The average Bonchev–Trinajstić information content (AvgIpc) is 2.69. The molecule has 0 aliphatic heterocycles. The predicted molar refractivity (Wildman–Crippen MR) is 81.4 cm³/mol. The van der Waals surface area contributed by atoms with Gasteiger partial charge in [-0.3, -0.25) is 0 Å². The fourth-order valence-electron chi connectivity index (χ4n) is 1.85. The van der Waals surface area contributed by atoms with Crippen LogP contribution in [-0.4, -0.2) is 18.1 Å². The molecule has 0 amide bonds. The van der Waals surface area contributed by atoms with Crippen molar-refractivity contribution in [2.24, 2.45) is 11.1 Å². The quantitative estimate of drug-likeness (QED) is 0.908. The molecule has 0 saturated carbocycles. The van der Waals surface area contributed by atoms with Crippen molar-refractivity contribution >= 4 is 16.5 Å². The van der Waals surface area contributed by atoms with Gasteiger partial charge in [0.15, 0.2) is 5.13 Å². The van der Waals surface area contributed by atoms with Gasteiger partial charge in [0.25, 0.3) is 0 Å². The van der Waals surface area contributed by atoms with Crippen LogP contribution in [0.25, 0.3) is 0 Å². The Bertz CT molecular complexity index is 390. The van der Waals surface area contributed by atoms with Crippen molar-refractivity contribution in [3.05, 3.63) is 10.6 Å². The summed E-state index contributed by atoms with van der Waals surface area (Å²) in [6.07, 6.45) is 0. The first kappa shape index (κ1) is 15.4. The monoisotopic (exact) mass is 269 g/mol. The molecule has 0 fully saturated rings. The summed E-state index contributed by atoms with van der Waals surface area (Å²) in [7, 11) is 2.12. The van der Waals surface area contributed by atoms with Gasteiger partial charge in [0.1, 0.15) is 0 Å². The topological polar surface area (TPSA) is 42.2 Å². The number of anilines is 1. The number of thiazole rings is 1. The fraction of sp³-hybridized carbons (Fsp3) is 0.786. The summed E-state index contributed by atoms with van der Waals surface area (Å²) in [5, 5.41) is 1.08. The summed E-state index contributed by atoms with van der Waals surface area (Å²) in [4.78, 5) is 8.27. The van der Waals surface area contributed by atoms with Crippen LogP contribution < -0.4 is 10.6 Å². The summed E-state index contributed by atoms with van der Waals surface area (Å²) in [6.45, 7) is 14.0. The standard InChI is InChI=1S/C14H27N3S/c1-9(2)12-11(8-15)18-13(16-12)17(7)10(3)14(4,5)6/h9-10H,8,15H2,1-7H3. The number of rotatable bonds is 4. The normalized spacial score (nSPS) is 14.1. The molecule has 2 N–H and O–H groups in total. The van der Waals surface area contributed by atoms with E-state index in [9.17, 15) is 0 Å². The minimum atomic E-state index is 0.237. The van der Waals surface area contributed by atoms with E-state index < -0.39 is 0 Å². The van der Waals surface area contributed by atoms with Gasteiger partial charge in [-0.15, -0.1) is 11.3 Å². The lowest BCUT2D eigenvalue weighted by molar-refractivity contribution is 0.329. The highest BCUT2D eigenvalue weighted by molar-refractivity contribution is 7.15. The largest absolute Gasteiger partial charge is 0.348 e. The van der Waals surface area contributed by atoms with Crippen molar-refractivity contribution in [1.29, 1.82) is 0 Å². The van der Waals surface area contributed by atoms with E-state index in [-0.39, 0.29) is 5.41 Å². The summed E-state index contributed by atoms with van der Waals surface area (Å²) in [5.74, 6) is 0.437. The summed E-state index contributed by atoms with van der Waals surface area (Å²) in [6, 6.07) is 0.439. The average molecular weight is 269 g/mol. The number of hydrogen-bond donors (Lipinski definition) is 1. The van der Waals surface area contributed by atoms with Gasteiger partial charge in [0, 0.05) is 24.5 Å². The fourth-order valence-corrected chi connectivity index (χ4v) is 2.98. The van der Waals surface area contributed by atoms with Crippen LogP contribution in [0.5, 0.6) is 0 Å². The Morgan fingerprint density at radius 3 is 2.17 bits per heavy atom. The third-order valence-corrected chi connectivity index (χ3v) is 4.77. The second-order valence-corrected chi connectivity index (χ2v) is 7.38. The smallest absolute Gasteiger partial charge is 0.185 e. The zero-order chi connectivity index (χ0) is 14.1. The van der Waals surface area contributed by atoms with E-state index in [0.717, 1.165) is 10.8 Å². The van der Waals surface area contributed by atoms with Gasteiger partial charge in [-0.1, -0.05) is 34.6 Å². The molecule has 18 heavy (non-hydrogen) atoms. The lowest BCUT2D eigenvalue weighted by Gasteiger charge is -2.35. The lowest BCUT2D eigenvalue weighted by atomic mass is 9.87. The first-order chi connectivity index (χ1) is 8.18. The van der Waals surface area contributed by atoms with Crippen LogP contribution in [0, 0.1) is 5.41 Å². The zero-order valence-corrected chi connectivity index (χ0v) is 13.6. The van der Waals surface area contributed by atoms with E-state index in [4.69, 9.17) is 10.7 Å². The number of aromatic nitrogens is 1. The van der Waals surface area contributed by atoms with Crippen molar-refractivity contribution in [3.63, 3.8) is 0 Å². The van der Waals surface area contributed by atoms with Gasteiger partial charge >= 0.3 is 0 Å². The molecule has 0 saturated heterocycles. The Hall–Kier alpha value is -0.610. The molecular weight excluding hydrogens is 242 g/mol. The van der Waals surface area contributed by atoms with Crippen molar-refractivity contribution < 1.29 is 0 Å². The number of nitrogens with two attached hydrogens (primary N) is 1. The van der Waals surface area contributed by atoms with Gasteiger partial charge < -0.3 is 10.6 Å². The zero-order valence-electron chi connectivity index (χ0n) is 12.7. The molecular formula is C14H27N3S. The van der Waals surface area contributed by atoms with Crippen LogP contribution >= 0.6 is 11.3 Å². The van der Waals surface area contributed by atoms with E-state index in [2.05, 4.69) is 53.5 Å². The third kappa shape index (κ3) is 3.23. The molecule has 0 aliphatic rings. The van der Waals surface area contributed by atoms with Crippen LogP contribution in [-0.2, 0) is 6.54 Å². The first-order valence-electron chi connectivity index (χ1n) is 6.61. The van der Waals surface area contributed by atoms with Crippen LogP contribution in [0.15, 0.2) is 0 Å². The SMILES string of the molecule is CC(C)c1nc(N(C)C(C)C(C)(C)C)sc1CN. The Labute approximate surface area is 115 Å². The highest BCUT2D eigenvalue weighted by Crippen LogP contribution is 2.33. The minimum Gasteiger partial charge on any atom is -0.348 e. The molecule has 4 heteroatoms. The van der Waals surface area contributed by atoms with Crippen molar-refractivity contribution in [1.82, 2.24) is 4.98 Å². The summed E-state index contributed by atoms with van der Waals surface area (Å²) < 4.78 is 0. The van der Waals surface area contributed by atoms with Gasteiger partial charge in [0.2, 0.25) is 0 Å². The Kier molecular flexibility index (Phi) is 4.78. The number of nitrogens with zero attached hydrogens (tertiary/aromatic N) is 2.